The first-order valence-corrected chi connectivity index (χ1v) is 9.46. The van der Waals surface area contributed by atoms with E-state index in [0.29, 0.717) is 6.42 Å². The van der Waals surface area contributed by atoms with E-state index in [4.69, 9.17) is 4.74 Å². The molecule has 0 amide bonds. The minimum absolute atomic E-state index is 0.0767. The number of hydrogen-bond acceptors (Lipinski definition) is 4. The molecule has 114 valence electrons. The van der Waals surface area contributed by atoms with Crippen molar-refractivity contribution in [2.24, 2.45) is 0 Å². The third-order valence-electron chi connectivity index (χ3n) is 4.14. The van der Waals surface area contributed by atoms with Gasteiger partial charge in [0.25, 0.3) is 0 Å². The van der Waals surface area contributed by atoms with Gasteiger partial charge in [0.1, 0.15) is 9.84 Å². The minimum atomic E-state index is -2.86. The molecule has 0 aromatic heterocycles. The van der Waals surface area contributed by atoms with Crippen LogP contribution in [-0.4, -0.2) is 45.7 Å². The maximum Gasteiger partial charge on any atom is 0.147 e. The summed E-state index contributed by atoms with van der Waals surface area (Å²) in [6.45, 7) is 3.11. The zero-order valence-corrected chi connectivity index (χ0v) is 13.4. The van der Waals surface area contributed by atoms with Gasteiger partial charge in [0.2, 0.25) is 0 Å². The van der Waals surface area contributed by atoms with Gasteiger partial charge in [-0.15, -0.1) is 0 Å². The number of ether oxygens (including phenoxy) is 1. The summed E-state index contributed by atoms with van der Waals surface area (Å²) in [5.74, 6) is 0.275. The smallest absolute Gasteiger partial charge is 0.147 e. The highest BCUT2D eigenvalue weighted by molar-refractivity contribution is 7.90. The summed E-state index contributed by atoms with van der Waals surface area (Å²) in [6.07, 6.45) is 8.58. The lowest BCUT2D eigenvalue weighted by molar-refractivity contribution is -0.0378. The van der Waals surface area contributed by atoms with E-state index in [-0.39, 0.29) is 17.4 Å². The summed E-state index contributed by atoms with van der Waals surface area (Å²) in [4.78, 5) is 0. The predicted octanol–water partition coefficient (Wildman–Crippen LogP) is 2.14. The molecule has 0 aliphatic heterocycles. The van der Waals surface area contributed by atoms with E-state index in [1.54, 1.807) is 7.11 Å². The molecule has 0 heterocycles. The number of sulfone groups is 1. The van der Waals surface area contributed by atoms with E-state index in [9.17, 15) is 8.42 Å². The van der Waals surface area contributed by atoms with E-state index in [1.165, 1.54) is 19.1 Å². The summed E-state index contributed by atoms with van der Waals surface area (Å²) in [5, 5.41) is 3.57. The first-order valence-electron chi connectivity index (χ1n) is 7.40. The van der Waals surface area contributed by atoms with Crippen molar-refractivity contribution in [3.8, 4) is 0 Å². The highest BCUT2D eigenvalue weighted by Gasteiger charge is 2.40. The lowest BCUT2D eigenvalue weighted by Crippen LogP contribution is -2.50. The van der Waals surface area contributed by atoms with Crippen molar-refractivity contribution in [3.63, 3.8) is 0 Å². The molecule has 0 saturated heterocycles. The van der Waals surface area contributed by atoms with Gasteiger partial charge in [-0.1, -0.05) is 19.8 Å². The van der Waals surface area contributed by atoms with Crippen molar-refractivity contribution in [3.05, 3.63) is 0 Å². The van der Waals surface area contributed by atoms with Crippen LogP contribution in [0.1, 0.15) is 51.9 Å². The number of nitrogens with one attached hydrogen (secondary N) is 1. The fraction of sp³-hybridized carbons (Fsp3) is 1.00. The molecule has 0 aromatic rings. The molecule has 1 rings (SSSR count). The maximum absolute atomic E-state index is 11.2. The van der Waals surface area contributed by atoms with Gasteiger partial charge in [-0.25, -0.2) is 8.42 Å². The molecule has 1 aliphatic rings. The van der Waals surface area contributed by atoms with Crippen molar-refractivity contribution >= 4 is 9.84 Å². The van der Waals surface area contributed by atoms with Gasteiger partial charge in [0.05, 0.1) is 5.60 Å². The van der Waals surface area contributed by atoms with Gasteiger partial charge in [-0.2, -0.15) is 0 Å². The van der Waals surface area contributed by atoms with Crippen LogP contribution in [0.5, 0.6) is 0 Å². The summed E-state index contributed by atoms with van der Waals surface area (Å²) in [5.41, 5.74) is -0.0767. The second-order valence-electron chi connectivity index (χ2n) is 5.75. The fourth-order valence-electron chi connectivity index (χ4n) is 3.09. The summed E-state index contributed by atoms with van der Waals surface area (Å²) < 4.78 is 28.3. The first kappa shape index (κ1) is 16.9. The largest absolute Gasteiger partial charge is 0.377 e. The third-order valence-corrected chi connectivity index (χ3v) is 5.17. The molecule has 0 radical (unpaired) electrons. The van der Waals surface area contributed by atoms with Crippen molar-refractivity contribution in [2.45, 2.75) is 63.5 Å². The Labute approximate surface area is 118 Å². The van der Waals surface area contributed by atoms with Crippen LogP contribution in [0.2, 0.25) is 0 Å². The van der Waals surface area contributed by atoms with Gasteiger partial charge in [-0.3, -0.25) is 0 Å². The average molecular weight is 291 g/mol. The minimum Gasteiger partial charge on any atom is -0.377 e. The Morgan fingerprint density at radius 3 is 2.42 bits per heavy atom. The number of methoxy groups -OCH3 is 1. The second kappa shape index (κ2) is 7.60. The Morgan fingerprint density at radius 1 is 1.32 bits per heavy atom. The van der Waals surface area contributed by atoms with E-state index >= 15 is 0 Å². The van der Waals surface area contributed by atoms with Crippen molar-refractivity contribution in [1.29, 1.82) is 0 Å². The first-order chi connectivity index (χ1) is 8.93. The Hall–Kier alpha value is -0.130. The Kier molecular flexibility index (Phi) is 6.77. The molecule has 1 aliphatic carbocycles. The van der Waals surface area contributed by atoms with E-state index in [0.717, 1.165) is 32.2 Å². The highest BCUT2D eigenvalue weighted by atomic mass is 32.2. The van der Waals surface area contributed by atoms with Crippen LogP contribution >= 0.6 is 0 Å². The lowest BCUT2D eigenvalue weighted by atomic mass is 9.88. The van der Waals surface area contributed by atoms with Crippen LogP contribution in [0.15, 0.2) is 0 Å². The summed E-state index contributed by atoms with van der Waals surface area (Å²) >= 11 is 0. The molecular formula is C14H29NO3S. The van der Waals surface area contributed by atoms with E-state index in [1.807, 2.05) is 0 Å². The van der Waals surface area contributed by atoms with Crippen LogP contribution in [0, 0.1) is 0 Å². The van der Waals surface area contributed by atoms with Gasteiger partial charge in [-0.05, 0) is 38.6 Å². The molecule has 1 saturated carbocycles. The Balaban J connectivity index is 2.60. The zero-order chi connectivity index (χ0) is 14.4. The van der Waals surface area contributed by atoms with Crippen molar-refractivity contribution in [1.82, 2.24) is 5.32 Å². The van der Waals surface area contributed by atoms with Crippen molar-refractivity contribution in [2.75, 3.05) is 25.7 Å². The quantitative estimate of drug-likeness (QED) is 0.707. The molecule has 5 heteroatoms. The third kappa shape index (κ3) is 5.40. The summed E-state index contributed by atoms with van der Waals surface area (Å²) in [6, 6.07) is 0.279. The SMILES string of the molecule is CCCNC(CCCS(C)(=O)=O)C1(OC)CCCC1. The Morgan fingerprint density at radius 2 is 1.95 bits per heavy atom. The molecule has 1 unspecified atom stereocenters. The molecule has 1 N–H and O–H groups in total. The predicted molar refractivity (Wildman–Crippen MR) is 79.2 cm³/mol. The van der Waals surface area contributed by atoms with Crippen molar-refractivity contribution < 1.29 is 13.2 Å². The summed E-state index contributed by atoms with van der Waals surface area (Å²) in [7, 11) is -1.06. The maximum atomic E-state index is 11.2. The zero-order valence-electron chi connectivity index (χ0n) is 12.6. The van der Waals surface area contributed by atoms with Gasteiger partial charge in [0.15, 0.2) is 0 Å². The molecule has 1 atom stereocenters. The fourth-order valence-corrected chi connectivity index (χ4v) is 3.78. The standard InChI is InChI=1S/C14H29NO3S/c1-4-11-15-13(8-7-12-19(3,16)17)14(18-2)9-5-6-10-14/h13,15H,4-12H2,1-3H3. The van der Waals surface area contributed by atoms with Gasteiger partial charge >= 0.3 is 0 Å². The van der Waals surface area contributed by atoms with Gasteiger partial charge in [0, 0.05) is 25.2 Å². The molecule has 19 heavy (non-hydrogen) atoms. The lowest BCUT2D eigenvalue weighted by Gasteiger charge is -2.37. The Bertz CT molecular complexity index is 348. The molecule has 0 aromatic carbocycles. The monoisotopic (exact) mass is 291 g/mol. The van der Waals surface area contributed by atoms with Crippen LogP contribution < -0.4 is 5.32 Å². The number of hydrogen-bond donors (Lipinski definition) is 1. The molecule has 4 nitrogen and oxygen atoms in total. The van der Waals surface area contributed by atoms with Crippen LogP contribution in [-0.2, 0) is 14.6 Å². The average Bonchev–Trinajstić information content (AvgIpc) is 2.82. The second-order valence-corrected chi connectivity index (χ2v) is 8.01. The van der Waals surface area contributed by atoms with Gasteiger partial charge < -0.3 is 10.1 Å². The topological polar surface area (TPSA) is 55.4 Å². The van der Waals surface area contributed by atoms with E-state index in [2.05, 4.69) is 12.2 Å². The van der Waals surface area contributed by atoms with Crippen LogP contribution in [0.25, 0.3) is 0 Å². The van der Waals surface area contributed by atoms with Crippen LogP contribution in [0.3, 0.4) is 0 Å². The molecule has 0 bridgehead atoms. The van der Waals surface area contributed by atoms with E-state index < -0.39 is 9.84 Å². The molecule has 1 fully saturated rings. The van der Waals surface area contributed by atoms with Crippen LogP contribution in [0.4, 0.5) is 0 Å². The normalized spacial score (nSPS) is 20.6. The molecule has 0 spiro atoms. The molecular weight excluding hydrogens is 262 g/mol. The highest BCUT2D eigenvalue weighted by Crippen LogP contribution is 2.37. The number of rotatable bonds is 9.